The van der Waals surface area contributed by atoms with Crippen molar-refractivity contribution >= 4 is 11.9 Å². The molecule has 0 aromatic rings. The highest BCUT2D eigenvalue weighted by Crippen LogP contribution is 2.18. The third-order valence-electron chi connectivity index (χ3n) is 3.18. The molecule has 6 nitrogen and oxygen atoms in total. The van der Waals surface area contributed by atoms with Crippen molar-refractivity contribution < 1.29 is 9.59 Å². The molecule has 0 atom stereocenters. The molecule has 19 heavy (non-hydrogen) atoms. The van der Waals surface area contributed by atoms with E-state index >= 15 is 0 Å². The quantitative estimate of drug-likeness (QED) is 0.620. The molecule has 0 unspecified atom stereocenters. The van der Waals surface area contributed by atoms with Crippen LogP contribution in [0.25, 0.3) is 0 Å². The number of carbonyl (C=O) groups is 2. The van der Waals surface area contributed by atoms with Crippen molar-refractivity contribution in [2.75, 3.05) is 26.2 Å². The second-order valence-electron chi connectivity index (χ2n) is 5.97. The molecule has 0 heterocycles. The molecule has 1 aliphatic rings. The lowest BCUT2D eigenvalue weighted by Gasteiger charge is -2.30. The summed E-state index contributed by atoms with van der Waals surface area (Å²) in [4.78, 5) is 25.2. The predicted octanol–water partition coefficient (Wildman–Crippen LogP) is 0.281. The van der Waals surface area contributed by atoms with Gasteiger partial charge in [0, 0.05) is 12.6 Å². The Kier molecular flexibility index (Phi) is 5.75. The van der Waals surface area contributed by atoms with Crippen molar-refractivity contribution in [1.29, 1.82) is 0 Å². The molecule has 6 heteroatoms. The standard InChI is InChI=1S/C13H26N4O2/c1-4-17(9-13(2,3)8-14)7-11(18)16-12(19)15-10-5-6-10/h10H,4-9,14H2,1-3H3,(H2,15,16,18,19). The minimum absolute atomic E-state index is 0.0352. The number of hydrogen-bond acceptors (Lipinski definition) is 4. The number of amides is 3. The first-order valence-electron chi connectivity index (χ1n) is 6.89. The second-order valence-corrected chi connectivity index (χ2v) is 5.97. The summed E-state index contributed by atoms with van der Waals surface area (Å²) in [6.45, 7) is 8.38. The number of nitrogens with two attached hydrogens (primary N) is 1. The first-order chi connectivity index (χ1) is 8.86. The van der Waals surface area contributed by atoms with E-state index in [0.717, 1.165) is 25.9 Å². The van der Waals surface area contributed by atoms with Gasteiger partial charge in [-0.1, -0.05) is 20.8 Å². The Morgan fingerprint density at radius 1 is 1.37 bits per heavy atom. The minimum Gasteiger partial charge on any atom is -0.335 e. The van der Waals surface area contributed by atoms with E-state index in [0.29, 0.717) is 6.54 Å². The van der Waals surface area contributed by atoms with Crippen LogP contribution in [0.4, 0.5) is 4.79 Å². The molecular weight excluding hydrogens is 244 g/mol. The smallest absolute Gasteiger partial charge is 0.321 e. The number of urea groups is 1. The van der Waals surface area contributed by atoms with Gasteiger partial charge < -0.3 is 11.1 Å². The van der Waals surface area contributed by atoms with Crippen LogP contribution < -0.4 is 16.4 Å². The van der Waals surface area contributed by atoms with Gasteiger partial charge in [-0.15, -0.1) is 0 Å². The molecule has 1 aliphatic carbocycles. The van der Waals surface area contributed by atoms with Crippen LogP contribution in [0.1, 0.15) is 33.6 Å². The van der Waals surface area contributed by atoms with Crippen molar-refractivity contribution in [3.63, 3.8) is 0 Å². The van der Waals surface area contributed by atoms with E-state index in [1.54, 1.807) is 0 Å². The van der Waals surface area contributed by atoms with E-state index in [9.17, 15) is 9.59 Å². The zero-order valence-electron chi connectivity index (χ0n) is 12.2. The van der Waals surface area contributed by atoms with Crippen LogP contribution in [-0.2, 0) is 4.79 Å². The van der Waals surface area contributed by atoms with Gasteiger partial charge in [0.15, 0.2) is 0 Å². The fourth-order valence-electron chi connectivity index (χ4n) is 1.77. The normalized spacial score (nSPS) is 15.4. The Bertz CT molecular complexity index is 327. The molecule has 0 radical (unpaired) electrons. The summed E-state index contributed by atoms with van der Waals surface area (Å²) in [7, 11) is 0. The number of likely N-dealkylation sites (N-methyl/N-ethyl adjacent to an activating group) is 1. The number of rotatable bonds is 7. The lowest BCUT2D eigenvalue weighted by atomic mass is 9.93. The maximum absolute atomic E-state index is 11.8. The summed E-state index contributed by atoms with van der Waals surface area (Å²) >= 11 is 0. The lowest BCUT2D eigenvalue weighted by molar-refractivity contribution is -0.121. The molecule has 110 valence electrons. The number of nitrogens with one attached hydrogen (secondary N) is 2. The minimum atomic E-state index is -0.387. The van der Waals surface area contributed by atoms with Crippen molar-refractivity contribution in [1.82, 2.24) is 15.5 Å². The molecule has 1 saturated carbocycles. The zero-order valence-corrected chi connectivity index (χ0v) is 12.2. The molecule has 0 saturated heterocycles. The van der Waals surface area contributed by atoms with Crippen molar-refractivity contribution in [3.8, 4) is 0 Å². The highest BCUT2D eigenvalue weighted by Gasteiger charge is 2.25. The summed E-state index contributed by atoms with van der Waals surface area (Å²) in [6.07, 6.45) is 2.01. The van der Waals surface area contributed by atoms with Gasteiger partial charge >= 0.3 is 6.03 Å². The van der Waals surface area contributed by atoms with Gasteiger partial charge in [0.05, 0.1) is 6.54 Å². The molecule has 0 aliphatic heterocycles. The Labute approximate surface area is 115 Å². The van der Waals surface area contributed by atoms with E-state index in [4.69, 9.17) is 5.73 Å². The summed E-state index contributed by atoms with van der Waals surface area (Å²) in [5, 5.41) is 5.08. The molecule has 4 N–H and O–H groups in total. The largest absolute Gasteiger partial charge is 0.335 e. The number of hydrogen-bond donors (Lipinski definition) is 3. The van der Waals surface area contributed by atoms with Crippen LogP contribution in [0.3, 0.4) is 0 Å². The molecule has 0 bridgehead atoms. The maximum atomic E-state index is 11.8. The van der Waals surface area contributed by atoms with Crippen LogP contribution in [0.2, 0.25) is 0 Å². The van der Waals surface area contributed by atoms with Gasteiger partial charge in [-0.25, -0.2) is 4.79 Å². The van der Waals surface area contributed by atoms with Gasteiger partial charge in [0.1, 0.15) is 0 Å². The van der Waals surface area contributed by atoms with Crippen molar-refractivity contribution in [2.45, 2.75) is 39.7 Å². The molecule has 3 amide bonds. The molecule has 1 rings (SSSR count). The van der Waals surface area contributed by atoms with E-state index < -0.39 is 0 Å². The fourth-order valence-corrected chi connectivity index (χ4v) is 1.77. The number of nitrogens with zero attached hydrogens (tertiary/aromatic N) is 1. The van der Waals surface area contributed by atoms with E-state index in [-0.39, 0.29) is 29.9 Å². The Morgan fingerprint density at radius 3 is 2.47 bits per heavy atom. The van der Waals surface area contributed by atoms with E-state index in [1.165, 1.54) is 0 Å². The first-order valence-corrected chi connectivity index (χ1v) is 6.89. The predicted molar refractivity (Wildman–Crippen MR) is 74.6 cm³/mol. The molecule has 0 spiro atoms. The SMILES string of the molecule is CCN(CC(=O)NC(=O)NC1CC1)CC(C)(C)CN. The van der Waals surface area contributed by atoms with E-state index in [1.807, 2.05) is 11.8 Å². The van der Waals surface area contributed by atoms with Gasteiger partial charge in [-0.3, -0.25) is 15.0 Å². The topological polar surface area (TPSA) is 87.5 Å². The highest BCUT2D eigenvalue weighted by molar-refractivity contribution is 5.95. The zero-order chi connectivity index (χ0) is 14.5. The first kappa shape index (κ1) is 15.9. The summed E-state index contributed by atoms with van der Waals surface area (Å²) < 4.78 is 0. The summed E-state index contributed by atoms with van der Waals surface area (Å²) in [5.41, 5.74) is 5.66. The van der Waals surface area contributed by atoms with Crippen LogP contribution in [0.15, 0.2) is 0 Å². The van der Waals surface area contributed by atoms with Gasteiger partial charge in [0.25, 0.3) is 0 Å². The molecular formula is C13H26N4O2. The van der Waals surface area contributed by atoms with E-state index in [2.05, 4.69) is 24.5 Å². The summed E-state index contributed by atoms with van der Waals surface area (Å²) in [6, 6.07) is -0.132. The molecule has 0 aromatic heterocycles. The maximum Gasteiger partial charge on any atom is 0.321 e. The third-order valence-corrected chi connectivity index (χ3v) is 3.18. The average Bonchev–Trinajstić information content (AvgIpc) is 3.11. The Balaban J connectivity index is 2.32. The second kappa shape index (κ2) is 6.86. The number of imide groups is 1. The van der Waals surface area contributed by atoms with Crippen LogP contribution >= 0.6 is 0 Å². The number of carbonyl (C=O) groups excluding carboxylic acids is 2. The molecule has 0 aromatic carbocycles. The van der Waals surface area contributed by atoms with Crippen LogP contribution in [0, 0.1) is 5.41 Å². The monoisotopic (exact) mass is 270 g/mol. The van der Waals surface area contributed by atoms with Crippen LogP contribution in [0.5, 0.6) is 0 Å². The highest BCUT2D eigenvalue weighted by atomic mass is 16.2. The van der Waals surface area contributed by atoms with Gasteiger partial charge in [-0.05, 0) is 31.3 Å². The van der Waals surface area contributed by atoms with Crippen molar-refractivity contribution in [3.05, 3.63) is 0 Å². The average molecular weight is 270 g/mol. The van der Waals surface area contributed by atoms with Crippen molar-refractivity contribution in [2.24, 2.45) is 11.1 Å². The summed E-state index contributed by atoms with van der Waals surface area (Å²) in [5.74, 6) is -0.271. The Hall–Kier alpha value is -1.14. The Morgan fingerprint density at radius 2 is 2.00 bits per heavy atom. The fraction of sp³-hybridized carbons (Fsp3) is 0.846. The van der Waals surface area contributed by atoms with Gasteiger partial charge in [-0.2, -0.15) is 0 Å². The molecule has 1 fully saturated rings. The van der Waals surface area contributed by atoms with Gasteiger partial charge in [0.2, 0.25) is 5.91 Å². The lowest BCUT2D eigenvalue weighted by Crippen LogP contribution is -2.47. The van der Waals surface area contributed by atoms with Crippen LogP contribution in [-0.4, -0.2) is 49.1 Å². The third kappa shape index (κ3) is 6.54.